The molecule has 156 valence electrons. The van der Waals surface area contributed by atoms with Gasteiger partial charge >= 0.3 is 6.61 Å². The predicted octanol–water partition coefficient (Wildman–Crippen LogP) is 4.61. The van der Waals surface area contributed by atoms with Gasteiger partial charge in [-0.3, -0.25) is 0 Å². The molecule has 5 nitrogen and oxygen atoms in total. The van der Waals surface area contributed by atoms with Crippen LogP contribution >= 0.6 is 0 Å². The normalized spacial score (nSPS) is 14.5. The van der Waals surface area contributed by atoms with Gasteiger partial charge in [-0.1, -0.05) is 0 Å². The van der Waals surface area contributed by atoms with Crippen LogP contribution in [0.3, 0.4) is 0 Å². The van der Waals surface area contributed by atoms with E-state index in [4.69, 9.17) is 0 Å². The SMILES string of the molecule is CN1CCN(c2ccc(F)cc2)c2ccc(-c3ccc(OC(F)F)nn3)c(F)c2C1. The number of benzene rings is 2. The van der Waals surface area contributed by atoms with Crippen molar-refractivity contribution in [1.29, 1.82) is 0 Å². The number of likely N-dealkylation sites (N-methyl/N-ethyl adjacent to an activating group) is 1. The van der Waals surface area contributed by atoms with Crippen LogP contribution in [0, 0.1) is 11.6 Å². The zero-order valence-electron chi connectivity index (χ0n) is 16.0. The highest BCUT2D eigenvalue weighted by atomic mass is 19.3. The van der Waals surface area contributed by atoms with Gasteiger partial charge in [0.15, 0.2) is 0 Å². The molecule has 0 atom stereocenters. The first-order valence-corrected chi connectivity index (χ1v) is 9.24. The summed E-state index contributed by atoms with van der Waals surface area (Å²) in [6, 6.07) is 12.0. The maximum atomic E-state index is 15.5. The summed E-state index contributed by atoms with van der Waals surface area (Å²) < 4.78 is 57.6. The van der Waals surface area contributed by atoms with Gasteiger partial charge < -0.3 is 14.5 Å². The lowest BCUT2D eigenvalue weighted by atomic mass is 10.0. The maximum absolute atomic E-state index is 15.5. The van der Waals surface area contributed by atoms with Gasteiger partial charge in [-0.15, -0.1) is 10.2 Å². The second-order valence-corrected chi connectivity index (χ2v) is 6.93. The average Bonchev–Trinajstić information content (AvgIpc) is 2.89. The summed E-state index contributed by atoms with van der Waals surface area (Å²) in [7, 11) is 1.89. The zero-order valence-corrected chi connectivity index (χ0v) is 16.0. The summed E-state index contributed by atoms with van der Waals surface area (Å²) in [5.41, 5.74) is 2.31. The number of halogens is 4. The number of aromatic nitrogens is 2. The first kappa shape index (κ1) is 20.1. The van der Waals surface area contributed by atoms with E-state index in [1.807, 2.05) is 16.8 Å². The van der Waals surface area contributed by atoms with Gasteiger partial charge in [-0.2, -0.15) is 8.78 Å². The summed E-state index contributed by atoms with van der Waals surface area (Å²) in [6.07, 6.45) is 0. The molecule has 0 N–H and O–H groups in total. The summed E-state index contributed by atoms with van der Waals surface area (Å²) in [5.74, 6) is -1.15. The molecule has 3 aromatic rings. The van der Waals surface area contributed by atoms with E-state index >= 15 is 4.39 Å². The molecule has 0 spiro atoms. The number of ether oxygens (including phenoxy) is 1. The molecular weight excluding hydrogens is 400 g/mol. The number of anilines is 2. The van der Waals surface area contributed by atoms with Crippen molar-refractivity contribution in [2.45, 2.75) is 13.2 Å². The third-order valence-electron chi connectivity index (χ3n) is 4.91. The topological polar surface area (TPSA) is 41.5 Å². The monoisotopic (exact) mass is 418 g/mol. The minimum Gasteiger partial charge on any atom is -0.415 e. The Morgan fingerprint density at radius 2 is 1.70 bits per heavy atom. The molecule has 9 heteroatoms. The Labute approximate surface area is 170 Å². The number of hydrogen-bond donors (Lipinski definition) is 0. The van der Waals surface area contributed by atoms with Crippen LogP contribution in [-0.4, -0.2) is 41.8 Å². The van der Waals surface area contributed by atoms with E-state index in [2.05, 4.69) is 14.9 Å². The number of nitrogens with zero attached hydrogens (tertiary/aromatic N) is 4. The van der Waals surface area contributed by atoms with E-state index in [-0.39, 0.29) is 23.0 Å². The fourth-order valence-electron chi connectivity index (χ4n) is 3.46. The van der Waals surface area contributed by atoms with E-state index in [0.717, 1.165) is 5.69 Å². The minimum atomic E-state index is -3.01. The van der Waals surface area contributed by atoms with Gasteiger partial charge in [0.25, 0.3) is 0 Å². The molecule has 1 aliphatic rings. The van der Waals surface area contributed by atoms with Gasteiger partial charge in [0.05, 0.1) is 5.69 Å². The van der Waals surface area contributed by atoms with Crippen LogP contribution < -0.4 is 9.64 Å². The average molecular weight is 418 g/mol. The Kier molecular flexibility index (Phi) is 5.54. The standard InChI is InChI=1S/C21H18F4N4O/c1-28-10-11-29(14-4-2-13(22)3-5-14)18-8-6-15(20(23)16(18)12-28)17-7-9-19(27-26-17)30-21(24)25/h2-9,21H,10-12H2,1H3. The quantitative estimate of drug-likeness (QED) is 0.579. The molecule has 0 aliphatic carbocycles. The summed E-state index contributed by atoms with van der Waals surface area (Å²) in [6.45, 7) is -1.36. The lowest BCUT2D eigenvalue weighted by Crippen LogP contribution is -2.26. The zero-order chi connectivity index (χ0) is 21.3. The second-order valence-electron chi connectivity index (χ2n) is 6.93. The third kappa shape index (κ3) is 4.06. The molecule has 2 aromatic carbocycles. The molecule has 4 rings (SSSR count). The van der Waals surface area contributed by atoms with E-state index in [1.54, 1.807) is 24.3 Å². The molecule has 2 heterocycles. The second kappa shape index (κ2) is 8.27. The highest BCUT2D eigenvalue weighted by molar-refractivity contribution is 5.72. The van der Waals surface area contributed by atoms with Crippen LogP contribution in [0.1, 0.15) is 5.56 Å². The van der Waals surface area contributed by atoms with Crippen molar-refractivity contribution in [3.8, 4) is 17.1 Å². The first-order valence-electron chi connectivity index (χ1n) is 9.24. The highest BCUT2D eigenvalue weighted by Gasteiger charge is 2.24. The molecular formula is C21H18F4N4O. The van der Waals surface area contributed by atoms with E-state index < -0.39 is 12.4 Å². The van der Waals surface area contributed by atoms with Gasteiger partial charge in [0, 0.05) is 48.2 Å². The van der Waals surface area contributed by atoms with Crippen LogP contribution in [0.5, 0.6) is 5.88 Å². The molecule has 1 aliphatic heterocycles. The van der Waals surface area contributed by atoms with Crippen LogP contribution in [0.15, 0.2) is 48.5 Å². The Morgan fingerprint density at radius 1 is 0.933 bits per heavy atom. The minimum absolute atomic E-state index is 0.206. The Balaban J connectivity index is 1.74. The molecule has 0 fully saturated rings. The predicted molar refractivity (Wildman–Crippen MR) is 104 cm³/mol. The van der Waals surface area contributed by atoms with Crippen molar-refractivity contribution in [2.75, 3.05) is 25.0 Å². The fraction of sp³-hybridized carbons (Fsp3) is 0.238. The Hall–Kier alpha value is -3.20. The van der Waals surface area contributed by atoms with Crippen molar-refractivity contribution in [3.63, 3.8) is 0 Å². The first-order chi connectivity index (χ1) is 14.4. The van der Waals surface area contributed by atoms with Crippen molar-refractivity contribution < 1.29 is 22.3 Å². The van der Waals surface area contributed by atoms with Gasteiger partial charge in [0.1, 0.15) is 11.6 Å². The summed E-state index contributed by atoms with van der Waals surface area (Å²) in [4.78, 5) is 3.93. The molecule has 1 aromatic heterocycles. The van der Waals surface area contributed by atoms with Gasteiger partial charge in [-0.25, -0.2) is 8.78 Å². The number of fused-ring (bicyclic) bond motifs is 1. The smallest absolute Gasteiger partial charge is 0.388 e. The summed E-state index contributed by atoms with van der Waals surface area (Å²) >= 11 is 0. The lowest BCUT2D eigenvalue weighted by Gasteiger charge is -2.25. The van der Waals surface area contributed by atoms with E-state index in [1.165, 1.54) is 24.3 Å². The van der Waals surface area contributed by atoms with Crippen LogP contribution in [0.4, 0.5) is 28.9 Å². The number of rotatable bonds is 4. The van der Waals surface area contributed by atoms with Crippen LogP contribution in [0.2, 0.25) is 0 Å². The molecule has 0 unspecified atom stereocenters. The molecule has 0 saturated carbocycles. The largest absolute Gasteiger partial charge is 0.415 e. The van der Waals surface area contributed by atoms with Crippen molar-refractivity contribution in [3.05, 3.63) is 65.7 Å². The van der Waals surface area contributed by atoms with Crippen LogP contribution in [-0.2, 0) is 6.54 Å². The van der Waals surface area contributed by atoms with Crippen molar-refractivity contribution >= 4 is 11.4 Å². The lowest BCUT2D eigenvalue weighted by molar-refractivity contribution is -0.0534. The molecule has 0 amide bonds. The maximum Gasteiger partial charge on any atom is 0.388 e. The number of alkyl halides is 2. The van der Waals surface area contributed by atoms with Crippen molar-refractivity contribution in [1.82, 2.24) is 15.1 Å². The summed E-state index contributed by atoms with van der Waals surface area (Å²) in [5, 5.41) is 7.40. The van der Waals surface area contributed by atoms with Crippen molar-refractivity contribution in [2.24, 2.45) is 0 Å². The number of hydrogen-bond acceptors (Lipinski definition) is 5. The van der Waals surface area contributed by atoms with Gasteiger partial charge in [-0.05, 0) is 49.5 Å². The highest BCUT2D eigenvalue weighted by Crippen LogP contribution is 2.36. The fourth-order valence-corrected chi connectivity index (χ4v) is 3.46. The Morgan fingerprint density at radius 3 is 2.37 bits per heavy atom. The molecule has 0 radical (unpaired) electrons. The molecule has 0 saturated heterocycles. The Bertz CT molecular complexity index is 1030. The molecule has 30 heavy (non-hydrogen) atoms. The van der Waals surface area contributed by atoms with Crippen LogP contribution in [0.25, 0.3) is 11.3 Å². The van der Waals surface area contributed by atoms with E-state index in [0.29, 0.717) is 30.9 Å². The van der Waals surface area contributed by atoms with Gasteiger partial charge in [0.2, 0.25) is 5.88 Å². The third-order valence-corrected chi connectivity index (χ3v) is 4.91. The van der Waals surface area contributed by atoms with E-state index in [9.17, 15) is 13.2 Å². The molecule has 0 bridgehead atoms.